The summed E-state index contributed by atoms with van der Waals surface area (Å²) in [5.74, 6) is 1.05. The van der Waals surface area contributed by atoms with Gasteiger partial charge in [-0.25, -0.2) is 0 Å². The van der Waals surface area contributed by atoms with Gasteiger partial charge in [0, 0.05) is 32.7 Å². The van der Waals surface area contributed by atoms with E-state index in [1.54, 1.807) is 0 Å². The lowest BCUT2D eigenvalue weighted by atomic mass is 9.99. The second-order valence-electron chi connectivity index (χ2n) is 6.84. The fourth-order valence-corrected chi connectivity index (χ4v) is 3.57. The highest BCUT2D eigenvalue weighted by Gasteiger charge is 2.33. The fourth-order valence-electron chi connectivity index (χ4n) is 3.57. The first kappa shape index (κ1) is 14.2. The van der Waals surface area contributed by atoms with Gasteiger partial charge in [0.2, 0.25) is 0 Å². The summed E-state index contributed by atoms with van der Waals surface area (Å²) in [7, 11) is 0. The maximum absolute atomic E-state index is 12.8. The van der Waals surface area contributed by atoms with Crippen LogP contribution in [0.1, 0.15) is 24.0 Å². The van der Waals surface area contributed by atoms with Gasteiger partial charge in [0.05, 0.1) is 6.61 Å². The number of ether oxygens (including phenoxy) is 1. The molecule has 0 aromatic heterocycles. The minimum Gasteiger partial charge on any atom is -0.366 e. The summed E-state index contributed by atoms with van der Waals surface area (Å²) in [6, 6.07) is 8.44. The van der Waals surface area contributed by atoms with Gasteiger partial charge in [-0.2, -0.15) is 0 Å². The second-order valence-corrected chi connectivity index (χ2v) is 6.84. The van der Waals surface area contributed by atoms with E-state index < -0.39 is 0 Å². The molecule has 1 aliphatic carbocycles. The molecule has 1 saturated heterocycles. The largest absolute Gasteiger partial charge is 0.366 e. The van der Waals surface area contributed by atoms with Crippen LogP contribution in [0.25, 0.3) is 0 Å². The van der Waals surface area contributed by atoms with E-state index >= 15 is 0 Å². The molecule has 3 aliphatic rings. The van der Waals surface area contributed by atoms with Crippen LogP contribution in [0.2, 0.25) is 0 Å². The first-order valence-corrected chi connectivity index (χ1v) is 8.49. The molecule has 4 rings (SSSR count). The topological polar surface area (TPSA) is 32.8 Å². The lowest BCUT2D eigenvalue weighted by Gasteiger charge is -2.36. The Labute approximate surface area is 132 Å². The van der Waals surface area contributed by atoms with Crippen molar-refractivity contribution in [2.45, 2.75) is 31.9 Å². The van der Waals surface area contributed by atoms with Crippen LogP contribution < -0.4 is 0 Å². The highest BCUT2D eigenvalue weighted by atomic mass is 16.5. The molecule has 1 atom stereocenters. The normalized spacial score (nSPS) is 25.8. The van der Waals surface area contributed by atoms with Crippen molar-refractivity contribution in [3.8, 4) is 0 Å². The van der Waals surface area contributed by atoms with Gasteiger partial charge in [-0.05, 0) is 36.3 Å². The summed E-state index contributed by atoms with van der Waals surface area (Å²) in [6.07, 6.45) is 3.41. The van der Waals surface area contributed by atoms with Crippen molar-refractivity contribution < 1.29 is 9.53 Å². The molecule has 0 spiro atoms. The minimum absolute atomic E-state index is 0.176. The van der Waals surface area contributed by atoms with E-state index in [1.807, 2.05) is 4.90 Å². The molecule has 22 heavy (non-hydrogen) atoms. The zero-order valence-corrected chi connectivity index (χ0v) is 13.0. The zero-order valence-electron chi connectivity index (χ0n) is 13.0. The third-order valence-corrected chi connectivity index (χ3v) is 5.08. The molecular formula is C18H24N2O2. The zero-order chi connectivity index (χ0) is 14.9. The van der Waals surface area contributed by atoms with Crippen LogP contribution in [0.3, 0.4) is 0 Å². The van der Waals surface area contributed by atoms with E-state index in [1.165, 1.54) is 24.0 Å². The first-order chi connectivity index (χ1) is 10.8. The van der Waals surface area contributed by atoms with E-state index in [2.05, 4.69) is 29.2 Å². The van der Waals surface area contributed by atoms with Crippen LogP contribution in [-0.4, -0.2) is 54.6 Å². The molecule has 1 amide bonds. The molecule has 0 radical (unpaired) electrons. The number of benzene rings is 1. The van der Waals surface area contributed by atoms with Crippen LogP contribution in [0.15, 0.2) is 24.3 Å². The van der Waals surface area contributed by atoms with Crippen molar-refractivity contribution in [2.24, 2.45) is 5.92 Å². The molecule has 2 fully saturated rings. The van der Waals surface area contributed by atoms with Gasteiger partial charge in [-0.15, -0.1) is 0 Å². The number of hydrogen-bond acceptors (Lipinski definition) is 3. The van der Waals surface area contributed by atoms with E-state index in [0.717, 1.165) is 45.1 Å². The molecule has 1 aromatic rings. The summed E-state index contributed by atoms with van der Waals surface area (Å²) in [5.41, 5.74) is 2.67. The molecule has 4 heteroatoms. The van der Waals surface area contributed by atoms with Crippen LogP contribution >= 0.6 is 0 Å². The molecule has 2 aliphatic heterocycles. The van der Waals surface area contributed by atoms with Gasteiger partial charge in [-0.3, -0.25) is 9.69 Å². The SMILES string of the molecule is O=C(C1CN(CC2CC2)CCO1)N1CCc2ccccc2C1. The number of fused-ring (bicyclic) bond motifs is 1. The summed E-state index contributed by atoms with van der Waals surface area (Å²) >= 11 is 0. The molecule has 0 bridgehead atoms. The van der Waals surface area contributed by atoms with Gasteiger partial charge < -0.3 is 9.64 Å². The van der Waals surface area contributed by atoms with Gasteiger partial charge in [-0.1, -0.05) is 24.3 Å². The number of amides is 1. The van der Waals surface area contributed by atoms with Crippen LogP contribution in [0.4, 0.5) is 0 Å². The molecule has 118 valence electrons. The van der Waals surface area contributed by atoms with Crippen LogP contribution in [0, 0.1) is 5.92 Å². The standard InChI is InChI=1S/C18H24N2O2/c21-18(17-13-19(9-10-22-17)11-14-5-6-14)20-8-7-15-3-1-2-4-16(15)12-20/h1-4,14,17H,5-13H2. The third-order valence-electron chi connectivity index (χ3n) is 5.08. The number of carbonyl (C=O) groups is 1. The quantitative estimate of drug-likeness (QED) is 0.851. The summed E-state index contributed by atoms with van der Waals surface area (Å²) in [5, 5.41) is 0. The van der Waals surface area contributed by atoms with Crippen LogP contribution in [0.5, 0.6) is 0 Å². The molecule has 1 unspecified atom stereocenters. The molecule has 2 heterocycles. The maximum Gasteiger partial charge on any atom is 0.253 e. The van der Waals surface area contributed by atoms with Crippen molar-refractivity contribution in [3.05, 3.63) is 35.4 Å². The van der Waals surface area contributed by atoms with Gasteiger partial charge in [0.1, 0.15) is 6.10 Å². The lowest BCUT2D eigenvalue weighted by molar-refractivity contribution is -0.150. The number of carbonyl (C=O) groups excluding carboxylic acids is 1. The van der Waals surface area contributed by atoms with E-state index in [0.29, 0.717) is 6.61 Å². The van der Waals surface area contributed by atoms with Gasteiger partial charge >= 0.3 is 0 Å². The highest BCUT2D eigenvalue weighted by molar-refractivity contribution is 5.81. The monoisotopic (exact) mass is 300 g/mol. The Hall–Kier alpha value is -1.39. The molecule has 0 N–H and O–H groups in total. The summed E-state index contributed by atoms with van der Waals surface area (Å²) < 4.78 is 5.78. The van der Waals surface area contributed by atoms with E-state index in [9.17, 15) is 4.79 Å². The number of rotatable bonds is 3. The second kappa shape index (κ2) is 6.01. The van der Waals surface area contributed by atoms with Crippen molar-refractivity contribution in [2.75, 3.05) is 32.8 Å². The van der Waals surface area contributed by atoms with Gasteiger partial charge in [0.15, 0.2) is 0 Å². The Morgan fingerprint density at radius 2 is 2.00 bits per heavy atom. The molecular weight excluding hydrogens is 276 g/mol. The Morgan fingerprint density at radius 1 is 1.18 bits per heavy atom. The molecule has 1 saturated carbocycles. The molecule has 1 aromatic carbocycles. The predicted molar refractivity (Wildman–Crippen MR) is 84.5 cm³/mol. The van der Waals surface area contributed by atoms with Crippen molar-refractivity contribution in [1.29, 1.82) is 0 Å². The smallest absolute Gasteiger partial charge is 0.253 e. The van der Waals surface area contributed by atoms with Crippen molar-refractivity contribution >= 4 is 5.91 Å². The van der Waals surface area contributed by atoms with Crippen molar-refractivity contribution in [3.63, 3.8) is 0 Å². The highest BCUT2D eigenvalue weighted by Crippen LogP contribution is 2.30. The Kier molecular flexibility index (Phi) is 3.89. The Bertz CT molecular complexity index is 556. The van der Waals surface area contributed by atoms with E-state index in [-0.39, 0.29) is 12.0 Å². The van der Waals surface area contributed by atoms with Crippen molar-refractivity contribution in [1.82, 2.24) is 9.80 Å². The van der Waals surface area contributed by atoms with Crippen LogP contribution in [-0.2, 0) is 22.5 Å². The maximum atomic E-state index is 12.8. The first-order valence-electron chi connectivity index (χ1n) is 8.49. The third kappa shape index (κ3) is 3.03. The Balaban J connectivity index is 1.39. The average Bonchev–Trinajstić information content (AvgIpc) is 3.38. The fraction of sp³-hybridized carbons (Fsp3) is 0.611. The summed E-state index contributed by atoms with van der Waals surface area (Å²) in [4.78, 5) is 17.2. The number of hydrogen-bond donors (Lipinski definition) is 0. The molecule has 4 nitrogen and oxygen atoms in total. The lowest BCUT2D eigenvalue weighted by Crippen LogP contribution is -2.52. The number of morpholine rings is 1. The average molecular weight is 300 g/mol. The van der Waals surface area contributed by atoms with E-state index in [4.69, 9.17) is 4.74 Å². The minimum atomic E-state index is -0.266. The van der Waals surface area contributed by atoms with Gasteiger partial charge in [0.25, 0.3) is 5.91 Å². The number of nitrogens with zero attached hydrogens (tertiary/aromatic N) is 2. The Morgan fingerprint density at radius 3 is 2.82 bits per heavy atom. The summed E-state index contributed by atoms with van der Waals surface area (Å²) in [6.45, 7) is 5.13. The predicted octanol–water partition coefficient (Wildman–Crippen LogP) is 1.68.